The number of nitrogens with two attached hydrogens (primary N) is 1. The minimum absolute atomic E-state index is 0.523. The first-order valence-corrected chi connectivity index (χ1v) is 4.37. The molecule has 2 unspecified atom stereocenters. The summed E-state index contributed by atoms with van der Waals surface area (Å²) in [5.41, 5.74) is 5.67. The molecule has 0 aromatic rings. The predicted octanol–water partition coefficient (Wildman–Crippen LogP) is 1.17. The van der Waals surface area contributed by atoms with Gasteiger partial charge in [-0.05, 0) is 25.9 Å². The fourth-order valence-electron chi connectivity index (χ4n) is 1.34. The SMILES string of the molecule is CC(C)C(C)C(CN)N(C)C. The number of nitrogens with zero attached hydrogens (tertiary/aromatic N) is 1. The fourth-order valence-corrected chi connectivity index (χ4v) is 1.34. The summed E-state index contributed by atoms with van der Waals surface area (Å²) in [5.74, 6) is 1.39. The van der Waals surface area contributed by atoms with Crippen molar-refractivity contribution in [3.8, 4) is 0 Å². The lowest BCUT2D eigenvalue weighted by atomic mass is 9.90. The molecule has 2 heteroatoms. The summed E-state index contributed by atoms with van der Waals surface area (Å²) in [5, 5.41) is 0. The summed E-state index contributed by atoms with van der Waals surface area (Å²) < 4.78 is 0. The maximum absolute atomic E-state index is 5.67. The van der Waals surface area contributed by atoms with Gasteiger partial charge in [-0.15, -0.1) is 0 Å². The van der Waals surface area contributed by atoms with Crippen LogP contribution in [-0.2, 0) is 0 Å². The normalized spacial score (nSPS) is 17.5. The lowest BCUT2D eigenvalue weighted by Crippen LogP contribution is -2.42. The first kappa shape index (κ1) is 10.9. The Morgan fingerprint density at radius 2 is 1.64 bits per heavy atom. The van der Waals surface area contributed by atoms with Crippen molar-refractivity contribution in [2.75, 3.05) is 20.6 Å². The van der Waals surface area contributed by atoms with Gasteiger partial charge in [0, 0.05) is 12.6 Å². The highest BCUT2D eigenvalue weighted by Crippen LogP contribution is 2.16. The summed E-state index contributed by atoms with van der Waals surface area (Å²) >= 11 is 0. The second kappa shape index (κ2) is 4.73. The molecule has 0 aliphatic rings. The smallest absolute Gasteiger partial charge is 0.0240 e. The molecular weight excluding hydrogens is 136 g/mol. The summed E-state index contributed by atoms with van der Waals surface area (Å²) in [6.45, 7) is 7.52. The zero-order chi connectivity index (χ0) is 9.02. The van der Waals surface area contributed by atoms with Crippen LogP contribution in [0.5, 0.6) is 0 Å². The maximum Gasteiger partial charge on any atom is 0.0240 e. The van der Waals surface area contributed by atoms with Crippen LogP contribution in [0.25, 0.3) is 0 Å². The minimum Gasteiger partial charge on any atom is -0.329 e. The third-order valence-electron chi connectivity index (χ3n) is 2.56. The molecule has 0 bridgehead atoms. The van der Waals surface area contributed by atoms with E-state index >= 15 is 0 Å². The zero-order valence-corrected chi connectivity index (χ0v) is 8.46. The van der Waals surface area contributed by atoms with Crippen LogP contribution in [0.1, 0.15) is 20.8 Å². The van der Waals surface area contributed by atoms with Crippen LogP contribution in [0.2, 0.25) is 0 Å². The van der Waals surface area contributed by atoms with Crippen molar-refractivity contribution in [2.24, 2.45) is 17.6 Å². The number of rotatable bonds is 4. The largest absolute Gasteiger partial charge is 0.329 e. The van der Waals surface area contributed by atoms with Crippen LogP contribution in [-0.4, -0.2) is 31.6 Å². The molecule has 0 saturated carbocycles. The van der Waals surface area contributed by atoms with Gasteiger partial charge in [0.1, 0.15) is 0 Å². The summed E-state index contributed by atoms with van der Waals surface area (Å²) in [6, 6.07) is 0.523. The lowest BCUT2D eigenvalue weighted by molar-refractivity contribution is 0.189. The van der Waals surface area contributed by atoms with Crippen LogP contribution in [0, 0.1) is 11.8 Å². The highest BCUT2D eigenvalue weighted by Gasteiger charge is 2.19. The molecule has 0 aliphatic carbocycles. The first-order valence-electron chi connectivity index (χ1n) is 4.37. The molecule has 0 aromatic heterocycles. The van der Waals surface area contributed by atoms with Gasteiger partial charge in [-0.2, -0.15) is 0 Å². The second-order valence-electron chi connectivity index (χ2n) is 3.87. The van der Waals surface area contributed by atoms with Gasteiger partial charge in [0.05, 0.1) is 0 Å². The van der Waals surface area contributed by atoms with Crippen molar-refractivity contribution in [1.82, 2.24) is 4.90 Å². The van der Waals surface area contributed by atoms with E-state index in [4.69, 9.17) is 5.73 Å². The molecule has 0 rings (SSSR count). The molecule has 0 aliphatic heterocycles. The van der Waals surface area contributed by atoms with Crippen molar-refractivity contribution in [3.05, 3.63) is 0 Å². The lowest BCUT2D eigenvalue weighted by Gasteiger charge is -2.31. The van der Waals surface area contributed by atoms with Gasteiger partial charge in [-0.1, -0.05) is 20.8 Å². The Morgan fingerprint density at radius 1 is 1.18 bits per heavy atom. The molecule has 0 radical (unpaired) electrons. The van der Waals surface area contributed by atoms with E-state index in [-0.39, 0.29) is 0 Å². The van der Waals surface area contributed by atoms with Crippen LogP contribution in [0.4, 0.5) is 0 Å². The van der Waals surface area contributed by atoms with Gasteiger partial charge in [-0.25, -0.2) is 0 Å². The molecule has 2 N–H and O–H groups in total. The Morgan fingerprint density at radius 3 is 1.73 bits per heavy atom. The monoisotopic (exact) mass is 158 g/mol. The van der Waals surface area contributed by atoms with Crippen LogP contribution in [0.15, 0.2) is 0 Å². The molecule has 2 atom stereocenters. The van der Waals surface area contributed by atoms with Gasteiger partial charge in [0.15, 0.2) is 0 Å². The molecule has 0 heterocycles. The molecule has 0 amide bonds. The van der Waals surface area contributed by atoms with Crippen molar-refractivity contribution in [3.63, 3.8) is 0 Å². The molecule has 0 aromatic carbocycles. The summed E-state index contributed by atoms with van der Waals surface area (Å²) in [6.07, 6.45) is 0. The average Bonchev–Trinajstić information content (AvgIpc) is 1.88. The molecule has 0 saturated heterocycles. The van der Waals surface area contributed by atoms with Gasteiger partial charge in [-0.3, -0.25) is 0 Å². The van der Waals surface area contributed by atoms with E-state index in [1.54, 1.807) is 0 Å². The molecule has 2 nitrogen and oxygen atoms in total. The van der Waals surface area contributed by atoms with Gasteiger partial charge in [0.25, 0.3) is 0 Å². The Bertz CT molecular complexity index is 99.7. The number of likely N-dealkylation sites (N-methyl/N-ethyl adjacent to an activating group) is 1. The molecule has 68 valence electrons. The molecule has 0 spiro atoms. The van der Waals surface area contributed by atoms with Crippen LogP contribution >= 0.6 is 0 Å². The third-order valence-corrected chi connectivity index (χ3v) is 2.56. The fraction of sp³-hybridized carbons (Fsp3) is 1.00. The van der Waals surface area contributed by atoms with E-state index in [9.17, 15) is 0 Å². The van der Waals surface area contributed by atoms with Gasteiger partial charge >= 0.3 is 0 Å². The van der Waals surface area contributed by atoms with Crippen LogP contribution < -0.4 is 5.73 Å². The average molecular weight is 158 g/mol. The quantitative estimate of drug-likeness (QED) is 0.665. The highest BCUT2D eigenvalue weighted by atomic mass is 15.1. The molecule has 0 fully saturated rings. The Hall–Kier alpha value is -0.0800. The Labute approximate surface area is 70.8 Å². The maximum atomic E-state index is 5.67. The van der Waals surface area contributed by atoms with E-state index in [0.717, 1.165) is 6.54 Å². The Kier molecular flexibility index (Phi) is 4.69. The minimum atomic E-state index is 0.523. The topological polar surface area (TPSA) is 29.3 Å². The van der Waals surface area contributed by atoms with Crippen molar-refractivity contribution >= 4 is 0 Å². The Balaban J connectivity index is 4.02. The molecule has 11 heavy (non-hydrogen) atoms. The van der Waals surface area contributed by atoms with Crippen molar-refractivity contribution in [1.29, 1.82) is 0 Å². The zero-order valence-electron chi connectivity index (χ0n) is 8.46. The van der Waals surface area contributed by atoms with Gasteiger partial charge < -0.3 is 10.6 Å². The first-order chi connectivity index (χ1) is 5.00. The van der Waals surface area contributed by atoms with E-state index in [1.165, 1.54) is 0 Å². The number of hydrogen-bond donors (Lipinski definition) is 1. The van der Waals surface area contributed by atoms with E-state index in [0.29, 0.717) is 17.9 Å². The van der Waals surface area contributed by atoms with Crippen molar-refractivity contribution < 1.29 is 0 Å². The predicted molar refractivity (Wildman–Crippen MR) is 50.5 cm³/mol. The third kappa shape index (κ3) is 3.21. The summed E-state index contributed by atoms with van der Waals surface area (Å²) in [7, 11) is 4.19. The number of hydrogen-bond acceptors (Lipinski definition) is 2. The van der Waals surface area contributed by atoms with E-state index in [2.05, 4.69) is 39.8 Å². The van der Waals surface area contributed by atoms with Gasteiger partial charge in [0.2, 0.25) is 0 Å². The van der Waals surface area contributed by atoms with E-state index in [1.807, 2.05) is 0 Å². The van der Waals surface area contributed by atoms with Crippen molar-refractivity contribution in [2.45, 2.75) is 26.8 Å². The highest BCUT2D eigenvalue weighted by molar-refractivity contribution is 4.75. The molecular formula is C9H22N2. The van der Waals surface area contributed by atoms with Crippen LogP contribution in [0.3, 0.4) is 0 Å². The summed E-state index contributed by atoms with van der Waals surface area (Å²) in [4.78, 5) is 2.21. The second-order valence-corrected chi connectivity index (χ2v) is 3.87. The van der Waals surface area contributed by atoms with E-state index < -0.39 is 0 Å². The standard InChI is InChI=1S/C9H22N2/c1-7(2)8(3)9(6-10)11(4)5/h7-9H,6,10H2,1-5H3.